The first-order valence-corrected chi connectivity index (χ1v) is 11.2. The first-order chi connectivity index (χ1) is 15.5. The molecule has 4 rings (SSSR count). The SMILES string of the molecule is O=C(CC[C@H]1CCCN(C(=O)c2cc(F)ccc2F)C1)N1CCN(c2ccccn2)CC1. The Labute approximate surface area is 186 Å². The van der Waals surface area contributed by atoms with Crippen LogP contribution in [0.3, 0.4) is 0 Å². The molecule has 3 heterocycles. The van der Waals surface area contributed by atoms with Gasteiger partial charge in [0.2, 0.25) is 5.91 Å². The Morgan fingerprint density at radius 2 is 1.81 bits per heavy atom. The number of hydrogen-bond donors (Lipinski definition) is 0. The zero-order chi connectivity index (χ0) is 22.5. The van der Waals surface area contributed by atoms with Gasteiger partial charge in [-0.3, -0.25) is 9.59 Å². The first-order valence-electron chi connectivity index (χ1n) is 11.2. The fourth-order valence-electron chi connectivity index (χ4n) is 4.53. The minimum absolute atomic E-state index is 0.130. The van der Waals surface area contributed by atoms with E-state index in [1.54, 1.807) is 11.1 Å². The van der Waals surface area contributed by atoms with Crippen LogP contribution in [-0.4, -0.2) is 65.9 Å². The molecule has 0 spiro atoms. The van der Waals surface area contributed by atoms with Gasteiger partial charge in [0, 0.05) is 51.9 Å². The second-order valence-corrected chi connectivity index (χ2v) is 8.48. The molecule has 8 heteroatoms. The Bertz CT molecular complexity index is 948. The van der Waals surface area contributed by atoms with Gasteiger partial charge in [0.1, 0.15) is 17.5 Å². The van der Waals surface area contributed by atoms with Crippen LogP contribution in [0.15, 0.2) is 42.6 Å². The molecule has 0 aliphatic carbocycles. The van der Waals surface area contributed by atoms with Crippen molar-refractivity contribution in [2.45, 2.75) is 25.7 Å². The Morgan fingerprint density at radius 3 is 2.56 bits per heavy atom. The summed E-state index contributed by atoms with van der Waals surface area (Å²) in [6.45, 7) is 3.85. The topological polar surface area (TPSA) is 56.8 Å². The largest absolute Gasteiger partial charge is 0.353 e. The average molecular weight is 443 g/mol. The Hall–Kier alpha value is -3.03. The number of rotatable bonds is 5. The molecule has 2 aromatic rings. The highest BCUT2D eigenvalue weighted by atomic mass is 19.1. The summed E-state index contributed by atoms with van der Waals surface area (Å²) in [6.07, 6.45) is 4.62. The maximum Gasteiger partial charge on any atom is 0.256 e. The van der Waals surface area contributed by atoms with Gasteiger partial charge in [-0.1, -0.05) is 6.07 Å². The molecule has 0 unspecified atom stereocenters. The summed E-state index contributed by atoms with van der Waals surface area (Å²) in [5, 5.41) is 0. The number of nitrogens with zero attached hydrogens (tertiary/aromatic N) is 4. The second kappa shape index (κ2) is 10.1. The molecule has 0 radical (unpaired) electrons. The van der Waals surface area contributed by atoms with E-state index in [2.05, 4.69) is 9.88 Å². The van der Waals surface area contributed by atoms with Gasteiger partial charge in [0.25, 0.3) is 5.91 Å². The lowest BCUT2D eigenvalue weighted by Crippen LogP contribution is -2.49. The van der Waals surface area contributed by atoms with E-state index in [9.17, 15) is 18.4 Å². The number of piperazine rings is 1. The first kappa shape index (κ1) is 22.2. The van der Waals surface area contributed by atoms with Crippen molar-refractivity contribution in [2.24, 2.45) is 5.92 Å². The summed E-state index contributed by atoms with van der Waals surface area (Å²) in [6, 6.07) is 8.76. The van der Waals surface area contributed by atoms with Gasteiger partial charge in [0.15, 0.2) is 0 Å². The van der Waals surface area contributed by atoms with E-state index >= 15 is 0 Å². The Balaban J connectivity index is 1.25. The van der Waals surface area contributed by atoms with Crippen molar-refractivity contribution in [3.05, 3.63) is 59.8 Å². The van der Waals surface area contributed by atoms with Gasteiger partial charge in [-0.2, -0.15) is 0 Å². The molecule has 0 saturated carbocycles. The molecule has 1 atom stereocenters. The van der Waals surface area contributed by atoms with Gasteiger partial charge in [-0.15, -0.1) is 0 Å². The molecule has 2 fully saturated rings. The van der Waals surface area contributed by atoms with Crippen molar-refractivity contribution in [1.82, 2.24) is 14.8 Å². The van der Waals surface area contributed by atoms with E-state index < -0.39 is 17.5 Å². The third-order valence-corrected chi connectivity index (χ3v) is 6.34. The smallest absolute Gasteiger partial charge is 0.256 e. The summed E-state index contributed by atoms with van der Waals surface area (Å²) >= 11 is 0. The number of benzene rings is 1. The van der Waals surface area contributed by atoms with Crippen molar-refractivity contribution in [1.29, 1.82) is 0 Å². The predicted molar refractivity (Wildman–Crippen MR) is 117 cm³/mol. The van der Waals surface area contributed by atoms with E-state index in [0.717, 1.165) is 49.9 Å². The standard InChI is InChI=1S/C24H28F2N4O2/c25-19-7-8-21(26)20(16-19)24(32)30-11-3-4-18(17-30)6-9-23(31)29-14-12-28(13-15-29)22-5-1-2-10-27-22/h1-2,5,7-8,10,16,18H,3-4,6,9,11-15,17H2/t18-/m1/s1. The number of amides is 2. The number of piperidine rings is 1. The fraction of sp³-hybridized carbons (Fsp3) is 0.458. The minimum Gasteiger partial charge on any atom is -0.353 e. The van der Waals surface area contributed by atoms with Gasteiger partial charge in [0.05, 0.1) is 5.56 Å². The maximum absolute atomic E-state index is 14.0. The molecule has 2 amide bonds. The van der Waals surface area contributed by atoms with Crippen LogP contribution >= 0.6 is 0 Å². The normalized spacial score (nSPS) is 19.2. The van der Waals surface area contributed by atoms with Crippen molar-refractivity contribution in [3.63, 3.8) is 0 Å². The number of likely N-dealkylation sites (tertiary alicyclic amines) is 1. The zero-order valence-corrected chi connectivity index (χ0v) is 18.1. The van der Waals surface area contributed by atoms with Crippen LogP contribution in [0.5, 0.6) is 0 Å². The van der Waals surface area contributed by atoms with Crippen LogP contribution in [0.2, 0.25) is 0 Å². The highest BCUT2D eigenvalue weighted by molar-refractivity contribution is 5.94. The van der Waals surface area contributed by atoms with Crippen LogP contribution in [0, 0.1) is 17.6 Å². The van der Waals surface area contributed by atoms with Crippen LogP contribution < -0.4 is 4.90 Å². The lowest BCUT2D eigenvalue weighted by Gasteiger charge is -2.36. The lowest BCUT2D eigenvalue weighted by atomic mass is 9.92. The van der Waals surface area contributed by atoms with Gasteiger partial charge < -0.3 is 14.7 Å². The van der Waals surface area contributed by atoms with E-state index in [4.69, 9.17) is 0 Å². The number of carbonyl (C=O) groups is 2. The molecule has 0 N–H and O–H groups in total. The van der Waals surface area contributed by atoms with E-state index in [0.29, 0.717) is 39.0 Å². The molecule has 2 aliphatic rings. The lowest BCUT2D eigenvalue weighted by molar-refractivity contribution is -0.131. The number of pyridine rings is 1. The molecule has 2 saturated heterocycles. The third kappa shape index (κ3) is 5.23. The number of halogens is 2. The molecule has 1 aromatic heterocycles. The Morgan fingerprint density at radius 1 is 1.00 bits per heavy atom. The molecule has 2 aliphatic heterocycles. The van der Waals surface area contributed by atoms with E-state index in [1.165, 1.54) is 0 Å². The maximum atomic E-state index is 14.0. The van der Waals surface area contributed by atoms with Gasteiger partial charge in [-0.05, 0) is 55.5 Å². The van der Waals surface area contributed by atoms with Crippen LogP contribution in [0.1, 0.15) is 36.0 Å². The zero-order valence-electron chi connectivity index (χ0n) is 18.1. The van der Waals surface area contributed by atoms with Crippen molar-refractivity contribution in [2.75, 3.05) is 44.2 Å². The summed E-state index contributed by atoms with van der Waals surface area (Å²) < 4.78 is 27.5. The van der Waals surface area contributed by atoms with Gasteiger partial charge >= 0.3 is 0 Å². The van der Waals surface area contributed by atoms with Crippen LogP contribution in [0.4, 0.5) is 14.6 Å². The second-order valence-electron chi connectivity index (χ2n) is 8.48. The van der Waals surface area contributed by atoms with Crippen molar-refractivity contribution >= 4 is 17.6 Å². The van der Waals surface area contributed by atoms with Crippen LogP contribution in [0.25, 0.3) is 0 Å². The van der Waals surface area contributed by atoms with Crippen LogP contribution in [-0.2, 0) is 4.79 Å². The van der Waals surface area contributed by atoms with Gasteiger partial charge in [-0.25, -0.2) is 13.8 Å². The molecular weight excluding hydrogens is 414 g/mol. The fourth-order valence-corrected chi connectivity index (χ4v) is 4.53. The number of anilines is 1. The number of aromatic nitrogens is 1. The quantitative estimate of drug-likeness (QED) is 0.713. The Kier molecular flexibility index (Phi) is 6.97. The van der Waals surface area contributed by atoms with E-state index in [1.807, 2.05) is 23.1 Å². The average Bonchev–Trinajstić information content (AvgIpc) is 2.84. The van der Waals surface area contributed by atoms with E-state index in [-0.39, 0.29) is 17.4 Å². The molecule has 170 valence electrons. The third-order valence-electron chi connectivity index (χ3n) is 6.34. The monoisotopic (exact) mass is 442 g/mol. The van der Waals surface area contributed by atoms with Crippen molar-refractivity contribution < 1.29 is 18.4 Å². The highest BCUT2D eigenvalue weighted by Gasteiger charge is 2.28. The molecule has 0 bridgehead atoms. The molecule has 1 aromatic carbocycles. The molecular formula is C24H28F2N4O2. The summed E-state index contributed by atoms with van der Waals surface area (Å²) in [4.78, 5) is 35.4. The molecule has 6 nitrogen and oxygen atoms in total. The summed E-state index contributed by atoms with van der Waals surface area (Å²) in [7, 11) is 0. The predicted octanol–water partition coefficient (Wildman–Crippen LogP) is 3.34. The number of hydrogen-bond acceptors (Lipinski definition) is 4. The molecule has 32 heavy (non-hydrogen) atoms. The minimum atomic E-state index is -0.710. The summed E-state index contributed by atoms with van der Waals surface area (Å²) in [5.41, 5.74) is -0.229. The van der Waals surface area contributed by atoms with Crippen molar-refractivity contribution in [3.8, 4) is 0 Å². The highest BCUT2D eigenvalue weighted by Crippen LogP contribution is 2.24. The summed E-state index contributed by atoms with van der Waals surface area (Å²) in [5.74, 6) is -0.575. The number of carbonyl (C=O) groups excluding carboxylic acids is 2.